The number of ether oxygens (including phenoxy) is 1. The minimum absolute atomic E-state index is 0.279. The molecule has 0 saturated heterocycles. The quantitative estimate of drug-likeness (QED) is 0.795. The van der Waals surface area contributed by atoms with Crippen LogP contribution >= 0.6 is 15.9 Å². The van der Waals surface area contributed by atoms with Crippen LogP contribution in [0, 0.1) is 11.7 Å². The molecule has 0 spiro atoms. The van der Waals surface area contributed by atoms with Gasteiger partial charge in [-0.25, -0.2) is 4.39 Å². The molecule has 0 bridgehead atoms. The smallest absolute Gasteiger partial charge is 0.128 e. The van der Waals surface area contributed by atoms with E-state index < -0.39 is 0 Å². The summed E-state index contributed by atoms with van der Waals surface area (Å²) in [5.41, 5.74) is 0. The molecule has 0 radical (unpaired) electrons. The predicted octanol–water partition coefficient (Wildman–Crippen LogP) is 4.01. The fraction of sp³-hybridized carbons (Fsp3) is 0.455. The second-order valence-electron chi connectivity index (χ2n) is 3.43. The lowest BCUT2D eigenvalue weighted by Crippen LogP contribution is -2.07. The van der Waals surface area contributed by atoms with Gasteiger partial charge in [0.25, 0.3) is 0 Å². The molecule has 0 fully saturated rings. The van der Waals surface area contributed by atoms with Crippen LogP contribution in [0.2, 0.25) is 0 Å². The van der Waals surface area contributed by atoms with E-state index in [1.54, 1.807) is 6.07 Å². The standard InChI is InChI=1S/C11H14BrFO/c1-3-8(2)7-14-11-5-9(12)4-10(13)6-11/h4-6,8H,3,7H2,1-2H3. The molecule has 1 atom stereocenters. The van der Waals surface area contributed by atoms with E-state index >= 15 is 0 Å². The zero-order valence-corrected chi connectivity index (χ0v) is 9.97. The van der Waals surface area contributed by atoms with Crippen molar-refractivity contribution in [3.05, 3.63) is 28.5 Å². The van der Waals surface area contributed by atoms with Gasteiger partial charge in [-0.2, -0.15) is 0 Å². The average molecular weight is 261 g/mol. The van der Waals surface area contributed by atoms with E-state index in [9.17, 15) is 4.39 Å². The molecular weight excluding hydrogens is 247 g/mol. The third-order valence-corrected chi connectivity index (χ3v) is 2.53. The second-order valence-corrected chi connectivity index (χ2v) is 4.35. The Morgan fingerprint density at radius 3 is 2.71 bits per heavy atom. The Morgan fingerprint density at radius 1 is 1.43 bits per heavy atom. The topological polar surface area (TPSA) is 9.23 Å². The molecule has 3 heteroatoms. The molecule has 1 nitrogen and oxygen atoms in total. The van der Waals surface area contributed by atoms with Crippen LogP contribution in [-0.2, 0) is 0 Å². The molecule has 78 valence electrons. The lowest BCUT2D eigenvalue weighted by atomic mass is 10.1. The first-order valence-electron chi connectivity index (χ1n) is 4.70. The second kappa shape index (κ2) is 5.35. The highest BCUT2D eigenvalue weighted by atomic mass is 79.9. The van der Waals surface area contributed by atoms with Gasteiger partial charge in [0.2, 0.25) is 0 Å². The number of hydrogen-bond acceptors (Lipinski definition) is 1. The fourth-order valence-electron chi connectivity index (χ4n) is 0.968. The molecule has 0 saturated carbocycles. The van der Waals surface area contributed by atoms with E-state index in [-0.39, 0.29) is 5.82 Å². The van der Waals surface area contributed by atoms with Crippen LogP contribution < -0.4 is 4.74 Å². The maximum atomic E-state index is 12.9. The van der Waals surface area contributed by atoms with Gasteiger partial charge in [0.05, 0.1) is 6.61 Å². The van der Waals surface area contributed by atoms with E-state index in [4.69, 9.17) is 4.74 Å². The van der Waals surface area contributed by atoms with E-state index in [1.807, 2.05) is 0 Å². The third kappa shape index (κ3) is 3.66. The largest absolute Gasteiger partial charge is 0.493 e. The SMILES string of the molecule is CCC(C)COc1cc(F)cc(Br)c1. The monoisotopic (exact) mass is 260 g/mol. The van der Waals surface area contributed by atoms with Crippen molar-refractivity contribution in [3.63, 3.8) is 0 Å². The Kier molecular flexibility index (Phi) is 4.39. The van der Waals surface area contributed by atoms with Crippen LogP contribution in [0.4, 0.5) is 4.39 Å². The maximum Gasteiger partial charge on any atom is 0.128 e. The van der Waals surface area contributed by atoms with E-state index in [0.29, 0.717) is 22.7 Å². The lowest BCUT2D eigenvalue weighted by molar-refractivity contribution is 0.255. The van der Waals surface area contributed by atoms with Crippen molar-refractivity contribution in [1.29, 1.82) is 0 Å². The van der Waals surface area contributed by atoms with Gasteiger partial charge in [0.1, 0.15) is 11.6 Å². The van der Waals surface area contributed by atoms with Crippen molar-refractivity contribution in [1.82, 2.24) is 0 Å². The van der Waals surface area contributed by atoms with Gasteiger partial charge in [-0.15, -0.1) is 0 Å². The van der Waals surface area contributed by atoms with Crippen molar-refractivity contribution in [2.24, 2.45) is 5.92 Å². The summed E-state index contributed by atoms with van der Waals surface area (Å²) in [6, 6.07) is 4.58. The minimum atomic E-state index is -0.279. The Hall–Kier alpha value is -0.570. The highest BCUT2D eigenvalue weighted by Gasteiger charge is 2.02. The summed E-state index contributed by atoms with van der Waals surface area (Å²) in [4.78, 5) is 0. The van der Waals surface area contributed by atoms with Crippen LogP contribution in [0.15, 0.2) is 22.7 Å². The van der Waals surface area contributed by atoms with Crippen molar-refractivity contribution < 1.29 is 9.13 Å². The van der Waals surface area contributed by atoms with Gasteiger partial charge >= 0.3 is 0 Å². The molecule has 1 rings (SSSR count). The maximum absolute atomic E-state index is 12.9. The minimum Gasteiger partial charge on any atom is -0.493 e. The Balaban J connectivity index is 2.58. The van der Waals surface area contributed by atoms with Gasteiger partial charge in [-0.1, -0.05) is 36.2 Å². The molecule has 0 N–H and O–H groups in total. The predicted molar refractivity (Wildman–Crippen MR) is 59.1 cm³/mol. The number of benzene rings is 1. The van der Waals surface area contributed by atoms with Crippen molar-refractivity contribution >= 4 is 15.9 Å². The first-order chi connectivity index (χ1) is 6.61. The molecule has 1 aromatic carbocycles. The molecule has 0 aromatic heterocycles. The summed E-state index contributed by atoms with van der Waals surface area (Å²) in [5.74, 6) is 0.799. The average Bonchev–Trinajstić information content (AvgIpc) is 2.12. The number of rotatable bonds is 4. The molecule has 0 heterocycles. The fourth-order valence-corrected chi connectivity index (χ4v) is 1.41. The summed E-state index contributed by atoms with van der Waals surface area (Å²) in [7, 11) is 0. The Labute approximate surface area is 92.4 Å². The Bertz CT molecular complexity index is 281. The zero-order chi connectivity index (χ0) is 10.6. The van der Waals surface area contributed by atoms with Crippen molar-refractivity contribution in [2.45, 2.75) is 20.3 Å². The van der Waals surface area contributed by atoms with Gasteiger partial charge in [0.15, 0.2) is 0 Å². The van der Waals surface area contributed by atoms with Gasteiger partial charge in [-0.05, 0) is 18.1 Å². The molecule has 14 heavy (non-hydrogen) atoms. The van der Waals surface area contributed by atoms with E-state index in [1.165, 1.54) is 12.1 Å². The van der Waals surface area contributed by atoms with Crippen LogP contribution in [0.25, 0.3) is 0 Å². The summed E-state index contributed by atoms with van der Waals surface area (Å²) >= 11 is 3.22. The molecule has 0 aliphatic carbocycles. The molecule has 0 amide bonds. The van der Waals surface area contributed by atoms with Crippen molar-refractivity contribution in [3.8, 4) is 5.75 Å². The third-order valence-electron chi connectivity index (χ3n) is 2.07. The molecule has 1 aromatic rings. The van der Waals surface area contributed by atoms with Crippen molar-refractivity contribution in [2.75, 3.05) is 6.61 Å². The highest BCUT2D eigenvalue weighted by molar-refractivity contribution is 9.10. The van der Waals surface area contributed by atoms with E-state index in [0.717, 1.165) is 6.42 Å². The first-order valence-corrected chi connectivity index (χ1v) is 5.50. The Morgan fingerprint density at radius 2 is 2.14 bits per heavy atom. The molecule has 0 aliphatic heterocycles. The summed E-state index contributed by atoms with van der Waals surface area (Å²) in [5, 5.41) is 0. The van der Waals surface area contributed by atoms with Crippen LogP contribution in [0.3, 0.4) is 0 Å². The van der Waals surface area contributed by atoms with Gasteiger partial charge in [0, 0.05) is 10.5 Å². The number of halogens is 2. The molecule has 1 unspecified atom stereocenters. The molecule has 0 aliphatic rings. The van der Waals surface area contributed by atoms with E-state index in [2.05, 4.69) is 29.8 Å². The van der Waals surface area contributed by atoms with Crippen LogP contribution in [0.5, 0.6) is 5.75 Å². The number of hydrogen-bond donors (Lipinski definition) is 0. The summed E-state index contributed by atoms with van der Waals surface area (Å²) in [6.45, 7) is 4.84. The van der Waals surface area contributed by atoms with Gasteiger partial charge < -0.3 is 4.74 Å². The van der Waals surface area contributed by atoms with Crippen LogP contribution in [0.1, 0.15) is 20.3 Å². The molecular formula is C11H14BrFO. The first kappa shape index (κ1) is 11.5. The van der Waals surface area contributed by atoms with Crippen LogP contribution in [-0.4, -0.2) is 6.61 Å². The summed E-state index contributed by atoms with van der Waals surface area (Å²) < 4.78 is 19.1. The van der Waals surface area contributed by atoms with Gasteiger partial charge in [-0.3, -0.25) is 0 Å². The highest BCUT2D eigenvalue weighted by Crippen LogP contribution is 2.21. The lowest BCUT2D eigenvalue weighted by Gasteiger charge is -2.11. The zero-order valence-electron chi connectivity index (χ0n) is 8.39. The normalized spacial score (nSPS) is 12.6. The summed E-state index contributed by atoms with van der Waals surface area (Å²) in [6.07, 6.45) is 1.07.